The summed E-state index contributed by atoms with van der Waals surface area (Å²) in [4.78, 5) is 17.0. The first-order chi connectivity index (χ1) is 13.9. The first kappa shape index (κ1) is 20.2. The molecule has 0 aliphatic carbocycles. The Kier molecular flexibility index (Phi) is 6.02. The predicted octanol–water partition coefficient (Wildman–Crippen LogP) is 5.02. The van der Waals surface area contributed by atoms with E-state index >= 15 is 0 Å². The molecule has 1 aromatic heterocycles. The summed E-state index contributed by atoms with van der Waals surface area (Å²) in [5, 5.41) is 6.18. The Bertz CT molecular complexity index is 1010. The number of hydrogen-bond donors (Lipinski definition) is 2. The van der Waals surface area contributed by atoms with Crippen LogP contribution >= 0.6 is 0 Å². The van der Waals surface area contributed by atoms with Crippen LogP contribution in [0.2, 0.25) is 0 Å². The Balaban J connectivity index is 1.76. The molecule has 3 rings (SSSR count). The molecule has 1 heterocycles. The summed E-state index contributed by atoms with van der Waals surface area (Å²) in [6.45, 7) is 6.20. The lowest BCUT2D eigenvalue weighted by atomic mass is 10.1. The molecule has 150 valence electrons. The number of aromatic nitrogens is 1. The van der Waals surface area contributed by atoms with E-state index in [1.807, 2.05) is 0 Å². The second-order valence-corrected chi connectivity index (χ2v) is 6.85. The van der Waals surface area contributed by atoms with Crippen LogP contribution in [0.4, 0.5) is 17.2 Å². The number of carbonyl (C=O) groups is 1. The SMILES string of the molecule is COc1ccc(OC)c(NC(=O)c2ccc(Nc3c(C)cc(C)cc3C)nc2)c1. The summed E-state index contributed by atoms with van der Waals surface area (Å²) in [5.41, 5.74) is 5.52. The molecule has 6 nitrogen and oxygen atoms in total. The first-order valence-corrected chi connectivity index (χ1v) is 9.25. The van der Waals surface area contributed by atoms with Crippen molar-refractivity contribution in [3.05, 3.63) is 70.9 Å². The topological polar surface area (TPSA) is 72.5 Å². The molecule has 0 atom stereocenters. The van der Waals surface area contributed by atoms with Crippen LogP contribution in [0.1, 0.15) is 27.0 Å². The van der Waals surface area contributed by atoms with Gasteiger partial charge < -0.3 is 20.1 Å². The van der Waals surface area contributed by atoms with Gasteiger partial charge >= 0.3 is 0 Å². The monoisotopic (exact) mass is 391 g/mol. The zero-order valence-electron chi connectivity index (χ0n) is 17.3. The molecule has 0 fully saturated rings. The summed E-state index contributed by atoms with van der Waals surface area (Å²) in [7, 11) is 3.12. The number of hydrogen-bond acceptors (Lipinski definition) is 5. The maximum Gasteiger partial charge on any atom is 0.257 e. The van der Waals surface area contributed by atoms with E-state index in [0.717, 1.165) is 16.8 Å². The van der Waals surface area contributed by atoms with Crippen molar-refractivity contribution in [2.24, 2.45) is 0 Å². The second kappa shape index (κ2) is 8.65. The zero-order valence-corrected chi connectivity index (χ0v) is 17.3. The van der Waals surface area contributed by atoms with Gasteiger partial charge in [0.15, 0.2) is 0 Å². The van der Waals surface area contributed by atoms with E-state index in [1.165, 1.54) is 5.56 Å². The number of rotatable bonds is 6. The van der Waals surface area contributed by atoms with Gasteiger partial charge in [-0.1, -0.05) is 17.7 Å². The van der Waals surface area contributed by atoms with E-state index in [-0.39, 0.29) is 5.91 Å². The fourth-order valence-electron chi connectivity index (χ4n) is 3.21. The smallest absolute Gasteiger partial charge is 0.257 e. The molecule has 0 saturated carbocycles. The molecule has 0 bridgehead atoms. The van der Waals surface area contributed by atoms with E-state index < -0.39 is 0 Å². The van der Waals surface area contributed by atoms with Crippen molar-refractivity contribution in [2.45, 2.75) is 20.8 Å². The summed E-state index contributed by atoms with van der Waals surface area (Å²) < 4.78 is 10.5. The molecule has 0 radical (unpaired) electrons. The number of amides is 1. The summed E-state index contributed by atoms with van der Waals surface area (Å²) >= 11 is 0. The molecule has 2 aromatic carbocycles. The van der Waals surface area contributed by atoms with Crippen LogP contribution < -0.4 is 20.1 Å². The Hall–Kier alpha value is -3.54. The fraction of sp³-hybridized carbons (Fsp3) is 0.217. The van der Waals surface area contributed by atoms with Crippen LogP contribution in [0, 0.1) is 20.8 Å². The van der Waals surface area contributed by atoms with Gasteiger partial charge in [-0.15, -0.1) is 0 Å². The third-order valence-corrected chi connectivity index (χ3v) is 4.61. The highest BCUT2D eigenvalue weighted by atomic mass is 16.5. The van der Waals surface area contributed by atoms with Crippen LogP contribution in [0.15, 0.2) is 48.7 Å². The lowest BCUT2D eigenvalue weighted by Gasteiger charge is -2.14. The van der Waals surface area contributed by atoms with Crippen molar-refractivity contribution >= 4 is 23.1 Å². The first-order valence-electron chi connectivity index (χ1n) is 9.25. The third kappa shape index (κ3) is 4.66. The Morgan fingerprint density at radius 3 is 2.24 bits per heavy atom. The van der Waals surface area contributed by atoms with Gasteiger partial charge in [0.25, 0.3) is 5.91 Å². The highest BCUT2D eigenvalue weighted by Gasteiger charge is 2.12. The maximum atomic E-state index is 12.6. The predicted molar refractivity (Wildman–Crippen MR) is 116 cm³/mol. The molecular weight excluding hydrogens is 366 g/mol. The minimum Gasteiger partial charge on any atom is -0.497 e. The van der Waals surface area contributed by atoms with Crippen molar-refractivity contribution in [3.8, 4) is 11.5 Å². The standard InChI is InChI=1S/C23H25N3O3/c1-14-10-15(2)22(16(3)11-14)26-21-9-6-17(13-24-21)23(27)25-19-12-18(28-4)7-8-20(19)29-5/h6-13H,1-5H3,(H,24,26)(H,25,27). The number of nitrogens with one attached hydrogen (secondary N) is 2. The number of nitrogens with zero attached hydrogens (tertiary/aromatic N) is 1. The number of pyridine rings is 1. The van der Waals surface area contributed by atoms with Gasteiger partial charge in [0.2, 0.25) is 0 Å². The van der Waals surface area contributed by atoms with Crippen LogP contribution in [0.3, 0.4) is 0 Å². The normalized spacial score (nSPS) is 10.4. The average Bonchev–Trinajstić information content (AvgIpc) is 2.71. The highest BCUT2D eigenvalue weighted by molar-refractivity contribution is 6.05. The number of methoxy groups -OCH3 is 2. The molecular formula is C23H25N3O3. The minimum atomic E-state index is -0.279. The summed E-state index contributed by atoms with van der Waals surface area (Å²) in [6.07, 6.45) is 1.54. The van der Waals surface area contributed by atoms with E-state index in [1.54, 1.807) is 50.7 Å². The number of benzene rings is 2. The van der Waals surface area contributed by atoms with Crippen LogP contribution in [-0.4, -0.2) is 25.1 Å². The van der Waals surface area contributed by atoms with Crippen LogP contribution in [0.5, 0.6) is 11.5 Å². The summed E-state index contributed by atoms with van der Waals surface area (Å²) in [5.74, 6) is 1.58. The van der Waals surface area contributed by atoms with E-state index in [2.05, 4.69) is 48.5 Å². The van der Waals surface area contributed by atoms with E-state index in [4.69, 9.17) is 9.47 Å². The Labute approximate surface area is 170 Å². The number of ether oxygens (including phenoxy) is 2. The van der Waals surface area contributed by atoms with Crippen LogP contribution in [-0.2, 0) is 0 Å². The van der Waals surface area contributed by atoms with Crippen molar-refractivity contribution < 1.29 is 14.3 Å². The van der Waals surface area contributed by atoms with Crippen molar-refractivity contribution in [1.82, 2.24) is 4.98 Å². The maximum absolute atomic E-state index is 12.6. The van der Waals surface area contributed by atoms with Crippen LogP contribution in [0.25, 0.3) is 0 Å². The molecule has 6 heteroatoms. The molecule has 29 heavy (non-hydrogen) atoms. The molecule has 0 aliphatic heterocycles. The Morgan fingerprint density at radius 1 is 0.931 bits per heavy atom. The molecule has 0 unspecified atom stereocenters. The minimum absolute atomic E-state index is 0.279. The largest absolute Gasteiger partial charge is 0.497 e. The van der Waals surface area contributed by atoms with Gasteiger partial charge in [0.05, 0.1) is 25.5 Å². The van der Waals surface area contributed by atoms with Gasteiger partial charge in [0, 0.05) is 18.0 Å². The van der Waals surface area contributed by atoms with Crippen molar-refractivity contribution in [1.29, 1.82) is 0 Å². The number of aryl methyl sites for hydroxylation is 3. The third-order valence-electron chi connectivity index (χ3n) is 4.61. The van der Waals surface area contributed by atoms with Crippen molar-refractivity contribution in [2.75, 3.05) is 24.9 Å². The average molecular weight is 391 g/mol. The molecule has 2 N–H and O–H groups in total. The molecule has 0 saturated heterocycles. The van der Waals surface area contributed by atoms with Gasteiger partial charge in [0.1, 0.15) is 17.3 Å². The van der Waals surface area contributed by atoms with Gasteiger partial charge in [-0.2, -0.15) is 0 Å². The molecule has 3 aromatic rings. The summed E-state index contributed by atoms with van der Waals surface area (Å²) in [6, 6.07) is 13.0. The molecule has 0 aliphatic rings. The van der Waals surface area contributed by atoms with Crippen molar-refractivity contribution in [3.63, 3.8) is 0 Å². The number of carbonyl (C=O) groups excluding carboxylic acids is 1. The van der Waals surface area contributed by atoms with E-state index in [9.17, 15) is 4.79 Å². The van der Waals surface area contributed by atoms with Gasteiger partial charge in [-0.3, -0.25) is 4.79 Å². The fourth-order valence-corrected chi connectivity index (χ4v) is 3.21. The zero-order chi connectivity index (χ0) is 21.0. The van der Waals surface area contributed by atoms with Gasteiger partial charge in [-0.05, 0) is 56.2 Å². The molecule has 1 amide bonds. The van der Waals surface area contributed by atoms with E-state index in [0.29, 0.717) is 28.6 Å². The lowest BCUT2D eigenvalue weighted by Crippen LogP contribution is -2.13. The second-order valence-electron chi connectivity index (χ2n) is 6.85. The highest BCUT2D eigenvalue weighted by Crippen LogP contribution is 2.29. The number of anilines is 3. The van der Waals surface area contributed by atoms with Gasteiger partial charge in [-0.25, -0.2) is 4.98 Å². The molecule has 0 spiro atoms. The quantitative estimate of drug-likeness (QED) is 0.617. The Morgan fingerprint density at radius 2 is 1.66 bits per heavy atom. The lowest BCUT2D eigenvalue weighted by molar-refractivity contribution is 0.102.